The van der Waals surface area contributed by atoms with Gasteiger partial charge in [0, 0.05) is 27.8 Å². The molecule has 3 heterocycles. The lowest BCUT2D eigenvalue weighted by Crippen LogP contribution is -2.32. The molecule has 3 aromatic carbocycles. The zero-order chi connectivity index (χ0) is 24.1. The van der Waals surface area contributed by atoms with Crippen molar-refractivity contribution in [3.8, 4) is 17.2 Å². The van der Waals surface area contributed by atoms with E-state index < -0.39 is 12.1 Å². The molecular formula is C26H20ClFN4O3. The molecule has 2 aliphatic rings. The second-order valence-corrected chi connectivity index (χ2v) is 8.62. The Kier molecular flexibility index (Phi) is 5.11. The van der Waals surface area contributed by atoms with Crippen molar-refractivity contribution in [2.45, 2.75) is 12.1 Å². The van der Waals surface area contributed by atoms with Gasteiger partial charge in [-0.1, -0.05) is 23.7 Å². The summed E-state index contributed by atoms with van der Waals surface area (Å²) in [5.74, 6) is 2.18. The highest BCUT2D eigenvalue weighted by Crippen LogP contribution is 2.52. The number of nitrogens with one attached hydrogen (secondary N) is 1. The molecule has 0 amide bonds. The topological polar surface area (TPSA) is 70.4 Å². The van der Waals surface area contributed by atoms with Crippen LogP contribution in [0.25, 0.3) is 5.70 Å². The Bertz CT molecular complexity index is 1470. The van der Waals surface area contributed by atoms with Crippen molar-refractivity contribution < 1.29 is 18.6 Å². The van der Waals surface area contributed by atoms with Gasteiger partial charge in [0.05, 0.1) is 19.9 Å². The zero-order valence-electron chi connectivity index (χ0n) is 18.8. The molecule has 7 nitrogen and oxygen atoms in total. The van der Waals surface area contributed by atoms with Crippen LogP contribution in [0.3, 0.4) is 0 Å². The van der Waals surface area contributed by atoms with Crippen molar-refractivity contribution in [3.63, 3.8) is 0 Å². The highest BCUT2D eigenvalue weighted by molar-refractivity contribution is 6.30. The molecule has 0 fully saturated rings. The first-order valence-corrected chi connectivity index (χ1v) is 11.3. The quantitative estimate of drug-likeness (QED) is 0.399. The maximum Gasteiger partial charge on any atom is 0.226 e. The number of rotatable bonds is 4. The summed E-state index contributed by atoms with van der Waals surface area (Å²) < 4.78 is 33.4. The molecule has 4 aromatic rings. The normalized spacial score (nSPS) is 18.1. The summed E-state index contributed by atoms with van der Waals surface area (Å²) in [7, 11) is 3.21. The van der Waals surface area contributed by atoms with Gasteiger partial charge in [-0.2, -0.15) is 10.1 Å². The van der Waals surface area contributed by atoms with Crippen LogP contribution < -0.4 is 19.5 Å². The van der Waals surface area contributed by atoms with Crippen LogP contribution >= 0.6 is 11.6 Å². The molecule has 1 aromatic heterocycles. The van der Waals surface area contributed by atoms with Gasteiger partial charge < -0.3 is 19.5 Å². The molecular weight excluding hydrogens is 471 g/mol. The van der Waals surface area contributed by atoms with Crippen LogP contribution in [0.1, 0.15) is 28.8 Å². The summed E-state index contributed by atoms with van der Waals surface area (Å²) in [4.78, 5) is 4.41. The third-order valence-corrected chi connectivity index (χ3v) is 6.52. The van der Waals surface area contributed by atoms with Crippen LogP contribution in [-0.2, 0) is 0 Å². The summed E-state index contributed by atoms with van der Waals surface area (Å²) in [6, 6.07) is 17.0. The van der Waals surface area contributed by atoms with Crippen molar-refractivity contribution in [2.75, 3.05) is 19.5 Å². The maximum absolute atomic E-state index is 13.8. The van der Waals surface area contributed by atoms with Crippen LogP contribution in [-0.4, -0.2) is 29.0 Å². The zero-order valence-corrected chi connectivity index (χ0v) is 19.6. The molecule has 2 atom stereocenters. The van der Waals surface area contributed by atoms with Gasteiger partial charge in [0.2, 0.25) is 5.95 Å². The van der Waals surface area contributed by atoms with Gasteiger partial charge in [-0.05, 0) is 48.0 Å². The van der Waals surface area contributed by atoms with Crippen molar-refractivity contribution in [1.82, 2.24) is 14.8 Å². The van der Waals surface area contributed by atoms with E-state index in [-0.39, 0.29) is 5.82 Å². The number of hydrogen-bond acceptors (Lipinski definition) is 6. The van der Waals surface area contributed by atoms with E-state index >= 15 is 0 Å². The number of fused-ring (bicyclic) bond motifs is 3. The molecule has 0 aliphatic carbocycles. The molecule has 0 saturated heterocycles. The molecule has 0 spiro atoms. The van der Waals surface area contributed by atoms with Gasteiger partial charge in [-0.15, -0.1) is 0 Å². The average molecular weight is 491 g/mol. The Balaban J connectivity index is 1.63. The summed E-state index contributed by atoms with van der Waals surface area (Å²) in [6.45, 7) is 0. The minimum absolute atomic E-state index is 0.318. The number of ether oxygens (including phenoxy) is 3. The average Bonchev–Trinajstić information content (AvgIpc) is 3.36. The van der Waals surface area contributed by atoms with E-state index in [0.717, 1.165) is 28.0 Å². The predicted molar refractivity (Wildman–Crippen MR) is 129 cm³/mol. The van der Waals surface area contributed by atoms with Crippen molar-refractivity contribution >= 4 is 23.2 Å². The molecule has 0 radical (unpaired) electrons. The van der Waals surface area contributed by atoms with Gasteiger partial charge >= 0.3 is 0 Å². The van der Waals surface area contributed by atoms with E-state index in [1.165, 1.54) is 18.5 Å². The molecule has 9 heteroatoms. The lowest BCUT2D eigenvalue weighted by atomic mass is 9.84. The van der Waals surface area contributed by atoms with Gasteiger partial charge in [-0.25, -0.2) is 9.07 Å². The summed E-state index contributed by atoms with van der Waals surface area (Å²) in [5.41, 5.74) is 4.12. The lowest BCUT2D eigenvalue weighted by Gasteiger charge is -2.39. The van der Waals surface area contributed by atoms with Crippen molar-refractivity contribution in [2.24, 2.45) is 0 Å². The number of halogens is 2. The molecule has 0 unspecified atom stereocenters. The highest BCUT2D eigenvalue weighted by atomic mass is 35.5. The highest BCUT2D eigenvalue weighted by Gasteiger charge is 2.42. The number of anilines is 1. The smallest absolute Gasteiger partial charge is 0.226 e. The van der Waals surface area contributed by atoms with Crippen LogP contribution in [0, 0.1) is 5.82 Å². The van der Waals surface area contributed by atoms with Crippen molar-refractivity contribution in [3.05, 3.63) is 100 Å². The first-order chi connectivity index (χ1) is 17.1. The Labute approximate surface area is 205 Å². The Morgan fingerprint density at radius 3 is 2.63 bits per heavy atom. The maximum atomic E-state index is 13.8. The minimum Gasteiger partial charge on any atom is -0.497 e. The Morgan fingerprint density at radius 2 is 1.86 bits per heavy atom. The van der Waals surface area contributed by atoms with Gasteiger partial charge in [0.1, 0.15) is 35.4 Å². The second kappa shape index (κ2) is 8.32. The van der Waals surface area contributed by atoms with Crippen LogP contribution in [0.2, 0.25) is 5.02 Å². The number of aromatic nitrogens is 3. The fourth-order valence-corrected chi connectivity index (χ4v) is 4.87. The number of methoxy groups -OCH3 is 2. The third kappa shape index (κ3) is 3.49. The standard InChI is InChI=1S/C26H20ClFN4O3/c1-33-17-8-9-18(21(12-17)34-2)25-22-23(19-11-15(27)5-10-20(19)35-25)31-26-29-13-30-32(26)24(22)14-3-6-16(28)7-4-14/h3-13,24-25H,1-2H3,(H,29,30,31)/t24-,25-/m1/s1. The number of hydrogen-bond donors (Lipinski definition) is 1. The fraction of sp³-hybridized carbons (Fsp3) is 0.154. The van der Waals surface area contributed by atoms with E-state index in [0.29, 0.717) is 28.2 Å². The number of benzene rings is 3. The summed E-state index contributed by atoms with van der Waals surface area (Å²) in [5, 5.41) is 8.48. The lowest BCUT2D eigenvalue weighted by molar-refractivity contribution is 0.217. The molecule has 0 saturated carbocycles. The minimum atomic E-state index is -0.556. The van der Waals surface area contributed by atoms with Crippen molar-refractivity contribution in [1.29, 1.82) is 0 Å². The number of nitrogens with zero attached hydrogens (tertiary/aromatic N) is 3. The van der Waals surface area contributed by atoms with Crippen LogP contribution in [0.15, 0.2) is 72.6 Å². The Morgan fingerprint density at radius 1 is 1.03 bits per heavy atom. The summed E-state index contributed by atoms with van der Waals surface area (Å²) >= 11 is 6.38. The van der Waals surface area contributed by atoms with E-state index in [9.17, 15) is 4.39 Å². The van der Waals surface area contributed by atoms with Gasteiger partial charge in [0.25, 0.3) is 0 Å². The SMILES string of the molecule is COc1ccc([C@H]2Oc3ccc(Cl)cc3C3=C2[C@@H](c2ccc(F)cc2)n2ncnc2N3)c(OC)c1. The van der Waals surface area contributed by atoms with Crippen LogP contribution in [0.5, 0.6) is 17.2 Å². The molecule has 2 aliphatic heterocycles. The first-order valence-electron chi connectivity index (χ1n) is 10.9. The van der Waals surface area contributed by atoms with E-state index in [2.05, 4.69) is 15.4 Å². The fourth-order valence-electron chi connectivity index (χ4n) is 4.70. The molecule has 1 N–H and O–H groups in total. The Hall–Kier alpha value is -4.04. The van der Waals surface area contributed by atoms with Gasteiger partial charge in [-0.3, -0.25) is 0 Å². The largest absolute Gasteiger partial charge is 0.497 e. The molecule has 35 heavy (non-hydrogen) atoms. The van der Waals surface area contributed by atoms with E-state index in [1.807, 2.05) is 30.3 Å². The van der Waals surface area contributed by atoms with E-state index in [4.69, 9.17) is 25.8 Å². The first kappa shape index (κ1) is 21.5. The second-order valence-electron chi connectivity index (χ2n) is 8.18. The third-order valence-electron chi connectivity index (χ3n) is 6.28. The molecule has 0 bridgehead atoms. The van der Waals surface area contributed by atoms with E-state index in [1.54, 1.807) is 37.1 Å². The molecule has 176 valence electrons. The van der Waals surface area contributed by atoms with Gasteiger partial charge in [0.15, 0.2) is 6.10 Å². The monoisotopic (exact) mass is 490 g/mol. The van der Waals surface area contributed by atoms with Crippen LogP contribution in [0.4, 0.5) is 10.3 Å². The summed E-state index contributed by atoms with van der Waals surface area (Å²) in [6.07, 6.45) is 0.930. The predicted octanol–water partition coefficient (Wildman–Crippen LogP) is 5.65. The molecule has 6 rings (SSSR count).